The minimum atomic E-state index is -0.157. The molecule has 0 radical (unpaired) electrons. The number of aryl methyl sites for hydroxylation is 1. The Morgan fingerprint density at radius 1 is 1.29 bits per heavy atom. The van der Waals surface area contributed by atoms with Crippen LogP contribution in [0.15, 0.2) is 36.1 Å². The van der Waals surface area contributed by atoms with E-state index in [0.717, 1.165) is 40.1 Å². The third kappa shape index (κ3) is 6.05. The highest BCUT2D eigenvalue weighted by Crippen LogP contribution is 2.31. The van der Waals surface area contributed by atoms with Crippen LogP contribution in [0, 0.1) is 12.8 Å². The van der Waals surface area contributed by atoms with Crippen LogP contribution >= 0.6 is 11.3 Å². The molecule has 166 valence electrons. The molecule has 0 spiro atoms. The van der Waals surface area contributed by atoms with E-state index in [1.807, 2.05) is 41.3 Å². The summed E-state index contributed by atoms with van der Waals surface area (Å²) >= 11 is 1.50. The third-order valence-electron chi connectivity index (χ3n) is 4.62. The molecule has 0 fully saturated rings. The van der Waals surface area contributed by atoms with E-state index in [1.54, 1.807) is 13.4 Å². The van der Waals surface area contributed by atoms with Crippen LogP contribution in [0.4, 0.5) is 10.8 Å². The van der Waals surface area contributed by atoms with Gasteiger partial charge >= 0.3 is 0 Å². The van der Waals surface area contributed by atoms with Crippen molar-refractivity contribution in [3.8, 4) is 11.4 Å². The van der Waals surface area contributed by atoms with Gasteiger partial charge in [0.1, 0.15) is 12.4 Å². The molecule has 2 heterocycles. The number of methoxy groups -OCH3 is 2. The van der Waals surface area contributed by atoms with Gasteiger partial charge in [0, 0.05) is 30.4 Å². The number of nitrogens with zero attached hydrogens (tertiary/aromatic N) is 3. The molecule has 3 rings (SSSR count). The lowest BCUT2D eigenvalue weighted by molar-refractivity contribution is -0.125. The van der Waals surface area contributed by atoms with Crippen molar-refractivity contribution < 1.29 is 14.3 Å². The van der Waals surface area contributed by atoms with Crippen LogP contribution in [0.3, 0.4) is 0 Å². The smallest absolute Gasteiger partial charge is 0.246 e. The first-order valence-corrected chi connectivity index (χ1v) is 11.0. The number of anilines is 2. The molecule has 0 unspecified atom stereocenters. The number of nitrogens with one attached hydrogen (secondary N) is 2. The minimum Gasteiger partial charge on any atom is -0.494 e. The van der Waals surface area contributed by atoms with Crippen LogP contribution in [0.25, 0.3) is 5.69 Å². The van der Waals surface area contributed by atoms with Crippen molar-refractivity contribution in [1.29, 1.82) is 0 Å². The molecular formula is C22H29N5O3S. The van der Waals surface area contributed by atoms with E-state index in [9.17, 15) is 4.79 Å². The number of benzene rings is 1. The first kappa shape index (κ1) is 22.8. The Morgan fingerprint density at radius 3 is 2.74 bits per heavy atom. The number of thiazole rings is 1. The number of aromatic nitrogens is 3. The van der Waals surface area contributed by atoms with Crippen molar-refractivity contribution >= 4 is 28.1 Å². The van der Waals surface area contributed by atoms with Crippen LogP contribution in [-0.2, 0) is 9.53 Å². The van der Waals surface area contributed by atoms with Crippen molar-refractivity contribution in [2.45, 2.75) is 33.2 Å². The van der Waals surface area contributed by atoms with E-state index in [4.69, 9.17) is 14.5 Å². The van der Waals surface area contributed by atoms with Gasteiger partial charge in [0.05, 0.1) is 36.6 Å². The summed E-state index contributed by atoms with van der Waals surface area (Å²) in [4.78, 5) is 21.0. The van der Waals surface area contributed by atoms with Gasteiger partial charge in [-0.15, -0.1) is 11.3 Å². The maximum atomic E-state index is 12.0. The normalized spacial score (nSPS) is 12.1. The molecule has 1 amide bonds. The number of hydrogen-bond acceptors (Lipinski definition) is 7. The topological polar surface area (TPSA) is 90.3 Å². The molecule has 2 N–H and O–H groups in total. The summed E-state index contributed by atoms with van der Waals surface area (Å²) in [6.07, 6.45) is 4.51. The van der Waals surface area contributed by atoms with Crippen LogP contribution in [0.1, 0.15) is 37.7 Å². The maximum absolute atomic E-state index is 12.0. The standard InChI is InChI=1S/C22H29N5O3S/c1-14(2)8-17(25-21(28)11-29-4)18-12-31-22(26-18)24-16-6-7-19(20(9-16)30-5)27-10-15(3)23-13-27/h6-7,9-10,12-14,17H,8,11H2,1-5H3,(H,24,26)(H,25,28)/t17-/m0/s1. The van der Waals surface area contributed by atoms with E-state index in [-0.39, 0.29) is 18.6 Å². The molecule has 31 heavy (non-hydrogen) atoms. The molecule has 1 aromatic carbocycles. The quantitative estimate of drug-likeness (QED) is 0.487. The predicted molar refractivity (Wildman–Crippen MR) is 122 cm³/mol. The zero-order valence-electron chi connectivity index (χ0n) is 18.5. The summed E-state index contributed by atoms with van der Waals surface area (Å²) in [5, 5.41) is 9.07. The van der Waals surface area contributed by atoms with Crippen LogP contribution in [-0.4, -0.2) is 41.3 Å². The summed E-state index contributed by atoms with van der Waals surface area (Å²) in [5.74, 6) is 0.990. The second kappa shape index (κ2) is 10.4. The second-order valence-corrected chi connectivity index (χ2v) is 8.55. The van der Waals surface area contributed by atoms with Crippen molar-refractivity contribution in [2.75, 3.05) is 26.1 Å². The van der Waals surface area contributed by atoms with Gasteiger partial charge in [-0.05, 0) is 31.4 Å². The van der Waals surface area contributed by atoms with Gasteiger partial charge in [0.15, 0.2) is 5.13 Å². The fourth-order valence-electron chi connectivity index (χ4n) is 3.24. The van der Waals surface area contributed by atoms with Gasteiger partial charge in [0.2, 0.25) is 5.91 Å². The van der Waals surface area contributed by atoms with Crippen molar-refractivity contribution in [3.63, 3.8) is 0 Å². The molecule has 0 saturated carbocycles. The van der Waals surface area contributed by atoms with E-state index in [0.29, 0.717) is 5.92 Å². The highest BCUT2D eigenvalue weighted by Gasteiger charge is 2.19. The zero-order chi connectivity index (χ0) is 22.4. The van der Waals surface area contributed by atoms with Crippen LogP contribution in [0.2, 0.25) is 0 Å². The summed E-state index contributed by atoms with van der Waals surface area (Å²) in [6.45, 7) is 6.23. The van der Waals surface area contributed by atoms with E-state index in [2.05, 4.69) is 29.5 Å². The average Bonchev–Trinajstić information content (AvgIpc) is 3.36. The second-order valence-electron chi connectivity index (χ2n) is 7.69. The molecule has 0 aliphatic rings. The third-order valence-corrected chi connectivity index (χ3v) is 5.39. The Hall–Kier alpha value is -2.91. The van der Waals surface area contributed by atoms with E-state index >= 15 is 0 Å². The fraction of sp³-hybridized carbons (Fsp3) is 0.409. The molecule has 9 heteroatoms. The largest absolute Gasteiger partial charge is 0.494 e. The number of carbonyl (C=O) groups excluding carboxylic acids is 1. The Morgan fingerprint density at radius 2 is 2.10 bits per heavy atom. The number of imidazole rings is 1. The van der Waals surface area contributed by atoms with Crippen molar-refractivity contribution in [2.24, 2.45) is 5.92 Å². The molecule has 0 bridgehead atoms. The molecule has 8 nitrogen and oxygen atoms in total. The molecule has 0 saturated heterocycles. The summed E-state index contributed by atoms with van der Waals surface area (Å²) in [6, 6.07) is 5.72. The van der Waals surface area contributed by atoms with E-state index in [1.165, 1.54) is 18.4 Å². The lowest BCUT2D eigenvalue weighted by atomic mass is 10.0. The zero-order valence-corrected chi connectivity index (χ0v) is 19.3. The van der Waals surface area contributed by atoms with Crippen LogP contribution < -0.4 is 15.4 Å². The Labute approximate surface area is 186 Å². The summed E-state index contributed by atoms with van der Waals surface area (Å²) < 4.78 is 12.4. The first-order chi connectivity index (χ1) is 14.9. The van der Waals surface area contributed by atoms with Gasteiger partial charge in [-0.1, -0.05) is 13.8 Å². The van der Waals surface area contributed by atoms with Crippen molar-refractivity contribution in [1.82, 2.24) is 19.9 Å². The van der Waals surface area contributed by atoms with Gasteiger partial charge in [-0.3, -0.25) is 4.79 Å². The van der Waals surface area contributed by atoms with Gasteiger partial charge in [0.25, 0.3) is 0 Å². The van der Waals surface area contributed by atoms with E-state index < -0.39 is 0 Å². The average molecular weight is 444 g/mol. The molecule has 3 aromatic rings. The number of ether oxygens (including phenoxy) is 2. The Kier molecular flexibility index (Phi) is 7.64. The highest BCUT2D eigenvalue weighted by atomic mass is 32.1. The van der Waals surface area contributed by atoms with Gasteiger partial charge in [-0.2, -0.15) is 0 Å². The predicted octanol–water partition coefficient (Wildman–Crippen LogP) is 4.24. The van der Waals surface area contributed by atoms with Gasteiger partial charge < -0.3 is 24.7 Å². The Balaban J connectivity index is 1.76. The molecule has 0 aliphatic heterocycles. The molecule has 0 aliphatic carbocycles. The molecule has 1 atom stereocenters. The lowest BCUT2D eigenvalue weighted by Crippen LogP contribution is -2.32. The monoisotopic (exact) mass is 443 g/mol. The summed E-state index contributed by atoms with van der Waals surface area (Å²) in [5.41, 5.74) is 3.55. The van der Waals surface area contributed by atoms with Crippen LogP contribution in [0.5, 0.6) is 5.75 Å². The number of amides is 1. The SMILES string of the molecule is COCC(=O)N[C@@H](CC(C)C)c1csc(Nc2ccc(-n3cnc(C)c3)c(OC)c2)n1. The number of hydrogen-bond donors (Lipinski definition) is 2. The molecular weight excluding hydrogens is 414 g/mol. The molecule has 2 aromatic heterocycles. The Bertz CT molecular complexity index is 1010. The number of carbonyl (C=O) groups is 1. The fourth-order valence-corrected chi connectivity index (χ4v) is 4.03. The first-order valence-electron chi connectivity index (χ1n) is 10.1. The minimum absolute atomic E-state index is 0.0341. The summed E-state index contributed by atoms with van der Waals surface area (Å²) in [7, 11) is 3.16. The lowest BCUT2D eigenvalue weighted by Gasteiger charge is -2.18. The highest BCUT2D eigenvalue weighted by molar-refractivity contribution is 7.13. The number of rotatable bonds is 10. The maximum Gasteiger partial charge on any atom is 0.246 e. The van der Waals surface area contributed by atoms with Gasteiger partial charge in [-0.25, -0.2) is 9.97 Å². The van der Waals surface area contributed by atoms with Crippen molar-refractivity contribution in [3.05, 3.63) is 47.5 Å².